The van der Waals surface area contributed by atoms with Crippen LogP contribution in [-0.4, -0.2) is 10.9 Å². The summed E-state index contributed by atoms with van der Waals surface area (Å²) in [6.07, 6.45) is 0.166. The van der Waals surface area contributed by atoms with Gasteiger partial charge in [0, 0.05) is 11.3 Å². The summed E-state index contributed by atoms with van der Waals surface area (Å²) in [4.78, 5) is 16.6. The third-order valence-corrected chi connectivity index (χ3v) is 3.54. The molecule has 2 aromatic carbocycles. The van der Waals surface area contributed by atoms with Gasteiger partial charge in [0.2, 0.25) is 11.8 Å². The lowest BCUT2D eigenvalue weighted by molar-refractivity contribution is -0.115. The van der Waals surface area contributed by atoms with Gasteiger partial charge in [0.15, 0.2) is 0 Å². The topological polar surface area (TPSA) is 55.1 Å². The molecule has 0 aliphatic carbocycles. The van der Waals surface area contributed by atoms with Crippen molar-refractivity contribution in [3.05, 3.63) is 71.6 Å². The minimum atomic E-state index is -0.116. The van der Waals surface area contributed by atoms with E-state index in [2.05, 4.69) is 10.3 Å². The summed E-state index contributed by atoms with van der Waals surface area (Å²) < 4.78 is 5.76. The first-order chi connectivity index (χ1) is 11.1. The van der Waals surface area contributed by atoms with E-state index in [-0.39, 0.29) is 12.3 Å². The number of carbonyl (C=O) groups excluding carboxylic acids is 1. The Morgan fingerprint density at radius 3 is 2.61 bits per heavy atom. The first-order valence-electron chi connectivity index (χ1n) is 7.50. The summed E-state index contributed by atoms with van der Waals surface area (Å²) in [6, 6.07) is 17.4. The van der Waals surface area contributed by atoms with Crippen LogP contribution in [0.2, 0.25) is 0 Å². The van der Waals surface area contributed by atoms with Gasteiger partial charge in [0.1, 0.15) is 5.76 Å². The highest BCUT2D eigenvalue weighted by molar-refractivity contribution is 5.92. The third kappa shape index (κ3) is 3.66. The van der Waals surface area contributed by atoms with Crippen LogP contribution in [0.15, 0.2) is 59.0 Å². The Morgan fingerprint density at radius 2 is 1.87 bits per heavy atom. The number of nitrogens with zero attached hydrogens (tertiary/aromatic N) is 1. The molecule has 4 heteroatoms. The predicted octanol–water partition coefficient (Wildman–Crippen LogP) is 4.14. The minimum Gasteiger partial charge on any atom is -0.440 e. The molecule has 0 fully saturated rings. The molecule has 23 heavy (non-hydrogen) atoms. The molecule has 0 saturated carbocycles. The lowest BCUT2D eigenvalue weighted by Gasteiger charge is -2.05. The molecule has 0 spiro atoms. The number of aryl methyl sites for hydroxylation is 2. The van der Waals surface area contributed by atoms with Gasteiger partial charge < -0.3 is 9.73 Å². The van der Waals surface area contributed by atoms with Gasteiger partial charge in [-0.25, -0.2) is 4.98 Å². The molecule has 0 saturated heterocycles. The largest absolute Gasteiger partial charge is 0.440 e. The molecule has 1 amide bonds. The molecule has 1 aromatic heterocycles. The van der Waals surface area contributed by atoms with Gasteiger partial charge in [-0.15, -0.1) is 0 Å². The number of anilines is 1. The van der Waals surface area contributed by atoms with Crippen molar-refractivity contribution in [2.75, 3.05) is 5.32 Å². The second-order valence-electron chi connectivity index (χ2n) is 5.49. The second kappa shape index (κ2) is 6.48. The van der Waals surface area contributed by atoms with Crippen molar-refractivity contribution in [2.24, 2.45) is 0 Å². The van der Waals surface area contributed by atoms with Gasteiger partial charge in [-0.3, -0.25) is 4.79 Å². The molecule has 0 radical (unpaired) electrons. The van der Waals surface area contributed by atoms with Crippen molar-refractivity contribution >= 4 is 11.6 Å². The van der Waals surface area contributed by atoms with E-state index in [4.69, 9.17) is 4.42 Å². The lowest BCUT2D eigenvalue weighted by Crippen LogP contribution is -2.14. The number of aromatic nitrogens is 1. The van der Waals surface area contributed by atoms with Crippen LogP contribution < -0.4 is 5.32 Å². The van der Waals surface area contributed by atoms with E-state index in [1.165, 1.54) is 0 Å². The fourth-order valence-electron chi connectivity index (χ4n) is 2.37. The minimum absolute atomic E-state index is 0.116. The average Bonchev–Trinajstić information content (AvgIpc) is 2.89. The van der Waals surface area contributed by atoms with Gasteiger partial charge in [-0.05, 0) is 43.7 Å². The van der Waals surface area contributed by atoms with Crippen molar-refractivity contribution in [2.45, 2.75) is 20.3 Å². The van der Waals surface area contributed by atoms with Crippen LogP contribution in [0.1, 0.15) is 17.0 Å². The molecular weight excluding hydrogens is 288 g/mol. The van der Waals surface area contributed by atoms with E-state index < -0.39 is 0 Å². The normalized spacial score (nSPS) is 10.5. The highest BCUT2D eigenvalue weighted by atomic mass is 16.4. The number of carbonyl (C=O) groups is 1. The molecule has 0 atom stereocenters. The summed E-state index contributed by atoms with van der Waals surface area (Å²) >= 11 is 0. The summed E-state index contributed by atoms with van der Waals surface area (Å²) in [6.45, 7) is 3.84. The number of benzene rings is 2. The Kier molecular flexibility index (Phi) is 4.24. The highest BCUT2D eigenvalue weighted by Crippen LogP contribution is 2.22. The van der Waals surface area contributed by atoms with Crippen molar-refractivity contribution in [1.29, 1.82) is 0 Å². The van der Waals surface area contributed by atoms with Crippen molar-refractivity contribution < 1.29 is 9.21 Å². The Labute approximate surface area is 135 Å². The third-order valence-electron chi connectivity index (χ3n) is 3.54. The Morgan fingerprint density at radius 1 is 1.09 bits per heavy atom. The molecule has 3 rings (SSSR count). The van der Waals surface area contributed by atoms with Crippen molar-refractivity contribution in [1.82, 2.24) is 4.98 Å². The Bertz CT molecular complexity index is 822. The van der Waals surface area contributed by atoms with Gasteiger partial charge in [0.05, 0.1) is 12.1 Å². The molecule has 116 valence electrons. The van der Waals surface area contributed by atoms with Crippen molar-refractivity contribution in [3.63, 3.8) is 0 Å². The molecule has 4 nitrogen and oxygen atoms in total. The quantitative estimate of drug-likeness (QED) is 0.788. The SMILES string of the molecule is Cc1cccc(NC(=O)Cc2oc(-c3ccccc3)nc2C)c1. The van der Waals surface area contributed by atoms with Gasteiger partial charge >= 0.3 is 0 Å². The molecule has 0 aliphatic rings. The van der Waals surface area contributed by atoms with E-state index in [1.807, 2.05) is 68.4 Å². The number of amides is 1. The number of rotatable bonds is 4. The van der Waals surface area contributed by atoms with E-state index >= 15 is 0 Å². The zero-order valence-corrected chi connectivity index (χ0v) is 13.2. The lowest BCUT2D eigenvalue weighted by atomic mass is 10.2. The van der Waals surface area contributed by atoms with E-state index in [0.29, 0.717) is 11.7 Å². The smallest absolute Gasteiger partial charge is 0.232 e. The number of oxazole rings is 1. The zero-order chi connectivity index (χ0) is 16.2. The number of hydrogen-bond donors (Lipinski definition) is 1. The van der Waals surface area contributed by atoms with Crippen LogP contribution in [-0.2, 0) is 11.2 Å². The molecule has 1 N–H and O–H groups in total. The first-order valence-corrected chi connectivity index (χ1v) is 7.50. The van der Waals surface area contributed by atoms with Gasteiger partial charge in [0.25, 0.3) is 0 Å². The van der Waals surface area contributed by atoms with Crippen LogP contribution in [0.25, 0.3) is 11.5 Å². The van der Waals surface area contributed by atoms with Crippen molar-refractivity contribution in [3.8, 4) is 11.5 Å². The first kappa shape index (κ1) is 15.0. The molecule has 3 aromatic rings. The van der Waals surface area contributed by atoms with Crippen LogP contribution >= 0.6 is 0 Å². The van der Waals surface area contributed by atoms with Gasteiger partial charge in [-0.2, -0.15) is 0 Å². The summed E-state index contributed by atoms with van der Waals surface area (Å²) in [5, 5.41) is 2.88. The van der Waals surface area contributed by atoms with E-state index in [1.54, 1.807) is 0 Å². The van der Waals surface area contributed by atoms with Crippen LogP contribution in [0.3, 0.4) is 0 Å². The van der Waals surface area contributed by atoms with Crippen LogP contribution in [0, 0.1) is 13.8 Å². The summed E-state index contributed by atoms with van der Waals surface area (Å²) in [7, 11) is 0. The average molecular weight is 306 g/mol. The molecule has 0 bridgehead atoms. The standard InChI is InChI=1S/C19H18N2O2/c1-13-7-6-10-16(11-13)21-18(22)12-17-14(2)20-19(23-17)15-8-4-3-5-9-15/h3-11H,12H2,1-2H3,(H,21,22). The zero-order valence-electron chi connectivity index (χ0n) is 13.2. The highest BCUT2D eigenvalue weighted by Gasteiger charge is 2.14. The molecule has 1 heterocycles. The molecule has 0 aliphatic heterocycles. The second-order valence-corrected chi connectivity index (χ2v) is 5.49. The van der Waals surface area contributed by atoms with E-state index in [0.717, 1.165) is 22.5 Å². The summed E-state index contributed by atoms with van der Waals surface area (Å²) in [5.74, 6) is 1.02. The van der Waals surface area contributed by atoms with Crippen LogP contribution in [0.4, 0.5) is 5.69 Å². The molecular formula is C19H18N2O2. The Hall–Kier alpha value is -2.88. The fraction of sp³-hybridized carbons (Fsp3) is 0.158. The maximum Gasteiger partial charge on any atom is 0.232 e. The maximum atomic E-state index is 12.2. The van der Waals surface area contributed by atoms with Gasteiger partial charge in [-0.1, -0.05) is 30.3 Å². The molecule has 0 unspecified atom stereocenters. The Balaban J connectivity index is 1.73. The number of nitrogens with one attached hydrogen (secondary N) is 1. The predicted molar refractivity (Wildman–Crippen MR) is 90.2 cm³/mol. The summed E-state index contributed by atoms with van der Waals surface area (Å²) in [5.41, 5.74) is 3.53. The fourth-order valence-corrected chi connectivity index (χ4v) is 2.37. The van der Waals surface area contributed by atoms with Crippen LogP contribution in [0.5, 0.6) is 0 Å². The van der Waals surface area contributed by atoms with E-state index in [9.17, 15) is 4.79 Å². The number of hydrogen-bond acceptors (Lipinski definition) is 3. The monoisotopic (exact) mass is 306 g/mol. The maximum absolute atomic E-state index is 12.2.